The molecule has 25 heavy (non-hydrogen) atoms. The van der Waals surface area contributed by atoms with Gasteiger partial charge in [-0.1, -0.05) is 36.4 Å². The van der Waals surface area contributed by atoms with E-state index in [1.54, 1.807) is 43.3 Å². The van der Waals surface area contributed by atoms with Gasteiger partial charge in [-0.3, -0.25) is 10.1 Å². The summed E-state index contributed by atoms with van der Waals surface area (Å²) in [6.45, 7) is 1.76. The van der Waals surface area contributed by atoms with Gasteiger partial charge in [0, 0.05) is 12.6 Å². The maximum absolute atomic E-state index is 12.4. The van der Waals surface area contributed by atoms with E-state index in [1.165, 1.54) is 19.2 Å². The molecule has 0 heterocycles. The summed E-state index contributed by atoms with van der Waals surface area (Å²) in [5.74, 6) is -1.92. The number of aryl methyl sites for hydroxylation is 1. The summed E-state index contributed by atoms with van der Waals surface area (Å²) < 4.78 is 5.26. The van der Waals surface area contributed by atoms with Crippen molar-refractivity contribution < 1.29 is 24.2 Å². The number of rotatable bonds is 4. The number of amides is 3. The number of esters is 1. The number of urea groups is 1. The lowest BCUT2D eigenvalue weighted by Crippen LogP contribution is -2.41. The molecule has 0 aliphatic carbocycles. The van der Waals surface area contributed by atoms with Crippen LogP contribution in [0.15, 0.2) is 48.5 Å². The van der Waals surface area contributed by atoms with Gasteiger partial charge in [0.25, 0.3) is 5.91 Å². The summed E-state index contributed by atoms with van der Waals surface area (Å²) in [6, 6.07) is 12.0. The van der Waals surface area contributed by atoms with Crippen LogP contribution in [-0.2, 0) is 9.53 Å². The molecule has 0 radical (unpaired) electrons. The van der Waals surface area contributed by atoms with E-state index in [0.29, 0.717) is 5.56 Å². The molecule has 0 aliphatic heterocycles. The van der Waals surface area contributed by atoms with Gasteiger partial charge in [0.2, 0.25) is 6.10 Å². The van der Waals surface area contributed by atoms with Crippen molar-refractivity contribution in [3.8, 4) is 5.75 Å². The first-order valence-electron chi connectivity index (χ1n) is 7.50. The van der Waals surface area contributed by atoms with Crippen LogP contribution >= 0.6 is 0 Å². The van der Waals surface area contributed by atoms with Gasteiger partial charge in [-0.05, 0) is 24.6 Å². The minimum atomic E-state index is -1.34. The Bertz CT molecular complexity index is 789. The first kappa shape index (κ1) is 18.0. The average molecular weight is 342 g/mol. The molecule has 3 amide bonds. The zero-order chi connectivity index (χ0) is 18.4. The van der Waals surface area contributed by atoms with Gasteiger partial charge in [-0.15, -0.1) is 0 Å². The molecule has 130 valence electrons. The Balaban J connectivity index is 2.28. The van der Waals surface area contributed by atoms with Crippen LogP contribution in [0.4, 0.5) is 4.79 Å². The van der Waals surface area contributed by atoms with E-state index in [9.17, 15) is 19.5 Å². The molecule has 0 fully saturated rings. The average Bonchev–Trinajstić information content (AvgIpc) is 2.59. The normalized spacial score (nSPS) is 11.3. The highest BCUT2D eigenvalue weighted by Crippen LogP contribution is 2.24. The second kappa shape index (κ2) is 7.96. The minimum absolute atomic E-state index is 0.0701. The molecule has 0 saturated heterocycles. The number of benzene rings is 2. The number of carbonyl (C=O) groups excluding carboxylic acids is 3. The van der Waals surface area contributed by atoms with E-state index < -0.39 is 24.0 Å². The van der Waals surface area contributed by atoms with Crippen molar-refractivity contribution in [1.82, 2.24) is 10.6 Å². The number of phenols is 1. The van der Waals surface area contributed by atoms with E-state index in [-0.39, 0.29) is 11.3 Å². The van der Waals surface area contributed by atoms with Crippen LogP contribution in [0.5, 0.6) is 5.75 Å². The number of hydrogen-bond acceptors (Lipinski definition) is 5. The standard InChI is InChI=1S/C18H18N2O5/c1-11-8-9-13(14(21)10-11)17(23)25-15(12-6-4-3-5-7-12)16(22)20-18(24)19-2/h3-10,15,21H,1-2H3,(H2,19,20,22,24)/t15-/m0/s1. The summed E-state index contributed by atoms with van der Waals surface area (Å²) >= 11 is 0. The first-order valence-corrected chi connectivity index (χ1v) is 7.50. The van der Waals surface area contributed by atoms with E-state index in [2.05, 4.69) is 10.6 Å². The minimum Gasteiger partial charge on any atom is -0.507 e. The van der Waals surface area contributed by atoms with Crippen molar-refractivity contribution in [2.45, 2.75) is 13.0 Å². The fourth-order valence-corrected chi connectivity index (χ4v) is 2.13. The topological polar surface area (TPSA) is 105 Å². The van der Waals surface area contributed by atoms with Gasteiger partial charge in [0.05, 0.1) is 0 Å². The Morgan fingerprint density at radius 3 is 2.36 bits per heavy atom. The third-order valence-corrected chi connectivity index (χ3v) is 3.40. The molecular formula is C18H18N2O5. The van der Waals surface area contributed by atoms with Gasteiger partial charge in [-0.25, -0.2) is 9.59 Å². The lowest BCUT2D eigenvalue weighted by molar-refractivity contribution is -0.129. The Morgan fingerprint density at radius 1 is 1.08 bits per heavy atom. The molecule has 0 unspecified atom stereocenters. The SMILES string of the molecule is CNC(=O)NC(=O)[C@@H](OC(=O)c1ccc(C)cc1O)c1ccccc1. The number of imide groups is 1. The van der Waals surface area contributed by atoms with Crippen LogP contribution < -0.4 is 10.6 Å². The quantitative estimate of drug-likeness (QED) is 0.738. The Hall–Kier alpha value is -3.35. The zero-order valence-corrected chi connectivity index (χ0v) is 13.8. The highest BCUT2D eigenvalue weighted by atomic mass is 16.5. The number of ether oxygens (including phenoxy) is 1. The van der Waals surface area contributed by atoms with Crippen molar-refractivity contribution >= 4 is 17.9 Å². The molecule has 2 aromatic carbocycles. The zero-order valence-electron chi connectivity index (χ0n) is 13.8. The predicted molar refractivity (Wildman–Crippen MR) is 90.0 cm³/mol. The molecule has 2 aromatic rings. The van der Waals surface area contributed by atoms with Crippen LogP contribution in [0.1, 0.15) is 27.6 Å². The molecule has 7 heteroatoms. The highest BCUT2D eigenvalue weighted by Gasteiger charge is 2.27. The second-order valence-electron chi connectivity index (χ2n) is 5.29. The van der Waals surface area contributed by atoms with E-state index >= 15 is 0 Å². The third-order valence-electron chi connectivity index (χ3n) is 3.40. The molecule has 2 rings (SSSR count). The van der Waals surface area contributed by atoms with Gasteiger partial charge >= 0.3 is 12.0 Å². The second-order valence-corrected chi connectivity index (χ2v) is 5.29. The number of phenolic OH excluding ortho intramolecular Hbond substituents is 1. The molecule has 0 aliphatic rings. The predicted octanol–water partition coefficient (Wildman–Crippen LogP) is 2.05. The van der Waals surface area contributed by atoms with E-state index in [0.717, 1.165) is 5.56 Å². The van der Waals surface area contributed by atoms with Gasteiger partial charge in [0.15, 0.2) is 0 Å². The van der Waals surface area contributed by atoms with Crippen molar-refractivity contribution in [2.75, 3.05) is 7.05 Å². The van der Waals surface area contributed by atoms with Gasteiger partial charge in [-0.2, -0.15) is 0 Å². The summed E-state index contributed by atoms with van der Waals surface area (Å²) in [7, 11) is 1.36. The van der Waals surface area contributed by atoms with Crippen LogP contribution in [0.2, 0.25) is 0 Å². The van der Waals surface area contributed by atoms with Crippen molar-refractivity contribution in [1.29, 1.82) is 0 Å². The maximum Gasteiger partial charge on any atom is 0.343 e. The van der Waals surface area contributed by atoms with Gasteiger partial charge < -0.3 is 15.2 Å². The number of nitrogens with one attached hydrogen (secondary N) is 2. The molecular weight excluding hydrogens is 324 g/mol. The molecule has 3 N–H and O–H groups in total. The van der Waals surface area contributed by atoms with Crippen LogP contribution in [-0.4, -0.2) is 30.1 Å². The number of carbonyl (C=O) groups is 3. The highest BCUT2D eigenvalue weighted by molar-refractivity contribution is 5.99. The number of aromatic hydroxyl groups is 1. The Labute approximate surface area is 144 Å². The van der Waals surface area contributed by atoms with Gasteiger partial charge in [0.1, 0.15) is 11.3 Å². The summed E-state index contributed by atoms with van der Waals surface area (Å²) in [4.78, 5) is 36.0. The molecule has 0 aromatic heterocycles. The molecule has 0 bridgehead atoms. The smallest absolute Gasteiger partial charge is 0.343 e. The van der Waals surface area contributed by atoms with Crippen LogP contribution in [0, 0.1) is 6.92 Å². The summed E-state index contributed by atoms with van der Waals surface area (Å²) in [5.41, 5.74) is 1.09. The van der Waals surface area contributed by atoms with E-state index in [1.807, 2.05) is 0 Å². The fourth-order valence-electron chi connectivity index (χ4n) is 2.13. The summed E-state index contributed by atoms with van der Waals surface area (Å²) in [6.07, 6.45) is -1.34. The molecule has 1 atom stereocenters. The molecule has 0 spiro atoms. The number of hydrogen-bond donors (Lipinski definition) is 3. The van der Waals surface area contributed by atoms with Crippen molar-refractivity contribution in [3.05, 3.63) is 65.2 Å². The molecule has 7 nitrogen and oxygen atoms in total. The first-order chi connectivity index (χ1) is 11.9. The lowest BCUT2D eigenvalue weighted by Gasteiger charge is -2.18. The third kappa shape index (κ3) is 4.57. The summed E-state index contributed by atoms with van der Waals surface area (Å²) in [5, 5.41) is 14.2. The molecule has 0 saturated carbocycles. The lowest BCUT2D eigenvalue weighted by atomic mass is 10.1. The van der Waals surface area contributed by atoms with Crippen LogP contribution in [0.25, 0.3) is 0 Å². The Kier molecular flexibility index (Phi) is 5.73. The van der Waals surface area contributed by atoms with Crippen molar-refractivity contribution in [3.63, 3.8) is 0 Å². The largest absolute Gasteiger partial charge is 0.507 e. The fraction of sp³-hybridized carbons (Fsp3) is 0.167. The maximum atomic E-state index is 12.4. The van der Waals surface area contributed by atoms with Crippen LogP contribution in [0.3, 0.4) is 0 Å². The van der Waals surface area contributed by atoms with E-state index in [4.69, 9.17) is 4.74 Å². The Morgan fingerprint density at radius 2 is 1.76 bits per heavy atom. The monoisotopic (exact) mass is 342 g/mol. The van der Waals surface area contributed by atoms with Crippen molar-refractivity contribution in [2.24, 2.45) is 0 Å².